The van der Waals surface area contributed by atoms with Gasteiger partial charge in [-0.05, 0) is 24.6 Å². The molecule has 0 saturated heterocycles. The Morgan fingerprint density at radius 2 is 2.00 bits per heavy atom. The normalized spacial score (nSPS) is 14.3. The Bertz CT molecular complexity index is 777. The molecule has 0 aromatic heterocycles. The van der Waals surface area contributed by atoms with Crippen LogP contribution in [0.15, 0.2) is 48.5 Å². The van der Waals surface area contributed by atoms with Crippen LogP contribution in [0.5, 0.6) is 5.75 Å². The summed E-state index contributed by atoms with van der Waals surface area (Å²) in [7, 11) is 1.72. The predicted octanol–water partition coefficient (Wildman–Crippen LogP) is 2.16. The summed E-state index contributed by atoms with van der Waals surface area (Å²) in [4.78, 5) is 25.4. The van der Waals surface area contributed by atoms with Crippen molar-refractivity contribution in [3.63, 3.8) is 0 Å². The van der Waals surface area contributed by atoms with Gasteiger partial charge in [-0.1, -0.05) is 30.3 Å². The van der Waals surface area contributed by atoms with Crippen molar-refractivity contribution in [3.05, 3.63) is 54.1 Å². The zero-order chi connectivity index (χ0) is 17.8. The Hall–Kier alpha value is -3.02. The summed E-state index contributed by atoms with van der Waals surface area (Å²) in [6.07, 6.45) is 0. The van der Waals surface area contributed by atoms with Crippen molar-refractivity contribution >= 4 is 23.2 Å². The standard InChI is InChI=1S/C19H21N3O3/c1-13(19(24)20-11-14-6-4-3-5-7-14)21-15-8-9-16-17(10-15)25-12-18(23)22(16)2/h3-10,13,21H,11-12H2,1-2H3,(H,20,24)/t13-/m1/s1. The average Bonchev–Trinajstić information content (AvgIpc) is 2.63. The number of likely N-dealkylation sites (N-methyl/N-ethyl adjacent to an activating group) is 1. The lowest BCUT2D eigenvalue weighted by Crippen LogP contribution is -2.37. The van der Waals surface area contributed by atoms with Gasteiger partial charge in [0, 0.05) is 25.3 Å². The molecule has 6 heteroatoms. The number of carbonyl (C=O) groups is 2. The van der Waals surface area contributed by atoms with E-state index in [0.29, 0.717) is 12.3 Å². The van der Waals surface area contributed by atoms with Crippen LogP contribution in [0.1, 0.15) is 12.5 Å². The summed E-state index contributed by atoms with van der Waals surface area (Å²) < 4.78 is 5.46. The highest BCUT2D eigenvalue weighted by molar-refractivity contribution is 5.97. The van der Waals surface area contributed by atoms with Crippen LogP contribution in [0.2, 0.25) is 0 Å². The van der Waals surface area contributed by atoms with Gasteiger partial charge in [0.15, 0.2) is 6.61 Å². The van der Waals surface area contributed by atoms with Crippen molar-refractivity contribution in [1.29, 1.82) is 0 Å². The van der Waals surface area contributed by atoms with Gasteiger partial charge in [0.1, 0.15) is 11.8 Å². The maximum absolute atomic E-state index is 12.2. The van der Waals surface area contributed by atoms with Crippen molar-refractivity contribution in [3.8, 4) is 5.75 Å². The third-order valence-corrected chi connectivity index (χ3v) is 4.13. The van der Waals surface area contributed by atoms with Crippen LogP contribution in [0, 0.1) is 0 Å². The first-order valence-corrected chi connectivity index (χ1v) is 8.16. The molecule has 2 aromatic rings. The van der Waals surface area contributed by atoms with E-state index in [4.69, 9.17) is 4.74 Å². The highest BCUT2D eigenvalue weighted by atomic mass is 16.5. The maximum atomic E-state index is 12.2. The number of amides is 2. The Labute approximate surface area is 146 Å². The Balaban J connectivity index is 1.60. The number of nitrogens with one attached hydrogen (secondary N) is 2. The van der Waals surface area contributed by atoms with E-state index in [1.54, 1.807) is 24.9 Å². The third kappa shape index (κ3) is 3.91. The first-order chi connectivity index (χ1) is 12.0. The fourth-order valence-corrected chi connectivity index (χ4v) is 2.62. The van der Waals surface area contributed by atoms with Crippen molar-refractivity contribution < 1.29 is 14.3 Å². The molecule has 2 aromatic carbocycles. The SMILES string of the molecule is C[C@@H](Nc1ccc2c(c1)OCC(=O)N2C)C(=O)NCc1ccccc1. The van der Waals surface area contributed by atoms with Gasteiger partial charge in [0.05, 0.1) is 5.69 Å². The van der Waals surface area contributed by atoms with Crippen LogP contribution < -0.4 is 20.3 Å². The van der Waals surface area contributed by atoms with E-state index in [1.807, 2.05) is 42.5 Å². The van der Waals surface area contributed by atoms with Crippen molar-refractivity contribution in [2.24, 2.45) is 0 Å². The fourth-order valence-electron chi connectivity index (χ4n) is 2.62. The Morgan fingerprint density at radius 1 is 1.24 bits per heavy atom. The molecule has 1 heterocycles. The number of ether oxygens (including phenoxy) is 1. The molecule has 0 spiro atoms. The lowest BCUT2D eigenvalue weighted by atomic mass is 10.2. The number of nitrogens with zero attached hydrogens (tertiary/aromatic N) is 1. The van der Waals surface area contributed by atoms with Crippen molar-refractivity contribution in [2.75, 3.05) is 23.9 Å². The van der Waals surface area contributed by atoms with Gasteiger partial charge in [-0.25, -0.2) is 0 Å². The predicted molar refractivity (Wildman–Crippen MR) is 96.7 cm³/mol. The zero-order valence-electron chi connectivity index (χ0n) is 14.3. The number of anilines is 2. The Morgan fingerprint density at radius 3 is 2.76 bits per heavy atom. The molecule has 0 aliphatic carbocycles. The summed E-state index contributed by atoms with van der Waals surface area (Å²) in [5.41, 5.74) is 2.55. The monoisotopic (exact) mass is 339 g/mol. The van der Waals surface area contributed by atoms with E-state index >= 15 is 0 Å². The van der Waals surface area contributed by atoms with E-state index in [2.05, 4.69) is 10.6 Å². The van der Waals surface area contributed by atoms with Gasteiger partial charge in [-0.3, -0.25) is 9.59 Å². The molecule has 25 heavy (non-hydrogen) atoms. The van der Waals surface area contributed by atoms with Crippen LogP contribution in [0.3, 0.4) is 0 Å². The van der Waals surface area contributed by atoms with E-state index in [1.165, 1.54) is 0 Å². The number of fused-ring (bicyclic) bond motifs is 1. The number of hydrogen-bond acceptors (Lipinski definition) is 4. The molecule has 130 valence electrons. The van der Waals surface area contributed by atoms with Crippen LogP contribution in [0.4, 0.5) is 11.4 Å². The molecular formula is C19H21N3O3. The molecule has 2 amide bonds. The summed E-state index contributed by atoms with van der Waals surface area (Å²) in [5.74, 6) is 0.459. The molecule has 2 N–H and O–H groups in total. The molecule has 0 fully saturated rings. The van der Waals surface area contributed by atoms with Crippen LogP contribution in [-0.2, 0) is 16.1 Å². The number of carbonyl (C=O) groups excluding carboxylic acids is 2. The molecule has 1 aliphatic rings. The first-order valence-electron chi connectivity index (χ1n) is 8.16. The first kappa shape index (κ1) is 16.8. The zero-order valence-corrected chi connectivity index (χ0v) is 14.3. The van der Waals surface area contributed by atoms with Gasteiger partial charge in [-0.2, -0.15) is 0 Å². The minimum absolute atomic E-state index is 0.0278. The Kier molecular flexibility index (Phi) is 4.88. The van der Waals surface area contributed by atoms with Crippen LogP contribution in [0.25, 0.3) is 0 Å². The van der Waals surface area contributed by atoms with Gasteiger partial charge < -0.3 is 20.3 Å². The topological polar surface area (TPSA) is 70.7 Å². The number of rotatable bonds is 5. The fraction of sp³-hybridized carbons (Fsp3) is 0.263. The number of benzene rings is 2. The number of hydrogen-bond donors (Lipinski definition) is 2. The van der Waals surface area contributed by atoms with Crippen LogP contribution >= 0.6 is 0 Å². The van der Waals surface area contributed by atoms with E-state index in [0.717, 1.165) is 16.9 Å². The second kappa shape index (κ2) is 7.25. The lowest BCUT2D eigenvalue weighted by Gasteiger charge is -2.26. The minimum Gasteiger partial charge on any atom is -0.481 e. The second-order valence-corrected chi connectivity index (χ2v) is 5.99. The average molecular weight is 339 g/mol. The summed E-state index contributed by atoms with van der Waals surface area (Å²) in [5, 5.41) is 6.07. The highest BCUT2D eigenvalue weighted by Crippen LogP contribution is 2.33. The molecule has 6 nitrogen and oxygen atoms in total. The second-order valence-electron chi connectivity index (χ2n) is 5.99. The molecule has 1 atom stereocenters. The molecule has 0 bridgehead atoms. The molecular weight excluding hydrogens is 318 g/mol. The maximum Gasteiger partial charge on any atom is 0.264 e. The minimum atomic E-state index is -0.398. The van der Waals surface area contributed by atoms with Gasteiger partial charge in [0.25, 0.3) is 5.91 Å². The largest absolute Gasteiger partial charge is 0.481 e. The quantitative estimate of drug-likeness (QED) is 0.876. The van der Waals surface area contributed by atoms with E-state index < -0.39 is 6.04 Å². The van der Waals surface area contributed by atoms with Gasteiger partial charge >= 0.3 is 0 Å². The van der Waals surface area contributed by atoms with Crippen molar-refractivity contribution in [2.45, 2.75) is 19.5 Å². The molecule has 0 unspecified atom stereocenters. The summed E-state index contributed by atoms with van der Waals surface area (Å²) in [6.45, 7) is 2.32. The van der Waals surface area contributed by atoms with E-state index in [-0.39, 0.29) is 18.4 Å². The van der Waals surface area contributed by atoms with Gasteiger partial charge in [0.2, 0.25) is 5.91 Å². The molecule has 1 aliphatic heterocycles. The molecule has 3 rings (SSSR count). The third-order valence-electron chi connectivity index (χ3n) is 4.13. The van der Waals surface area contributed by atoms with Crippen molar-refractivity contribution in [1.82, 2.24) is 5.32 Å². The van der Waals surface area contributed by atoms with Crippen LogP contribution in [-0.4, -0.2) is 31.5 Å². The lowest BCUT2D eigenvalue weighted by molar-refractivity contribution is -0.122. The molecule has 0 radical (unpaired) electrons. The van der Waals surface area contributed by atoms with Gasteiger partial charge in [-0.15, -0.1) is 0 Å². The summed E-state index contributed by atoms with van der Waals surface area (Å²) >= 11 is 0. The highest BCUT2D eigenvalue weighted by Gasteiger charge is 2.22. The van der Waals surface area contributed by atoms with E-state index in [9.17, 15) is 9.59 Å². The summed E-state index contributed by atoms with van der Waals surface area (Å²) in [6, 6.07) is 14.8. The smallest absolute Gasteiger partial charge is 0.264 e. The molecule has 0 saturated carbocycles.